The van der Waals surface area contributed by atoms with Gasteiger partial charge in [0.25, 0.3) is 11.8 Å². The van der Waals surface area contributed by atoms with Gasteiger partial charge in [0, 0.05) is 43.9 Å². The van der Waals surface area contributed by atoms with Gasteiger partial charge in [-0.1, -0.05) is 97.1 Å². The summed E-state index contributed by atoms with van der Waals surface area (Å²) in [5.41, 5.74) is 4.36. The zero-order valence-corrected chi connectivity index (χ0v) is 24.9. The summed E-state index contributed by atoms with van der Waals surface area (Å²) < 4.78 is 0. The van der Waals surface area contributed by atoms with Gasteiger partial charge in [0.2, 0.25) is 0 Å². The zero-order valence-electron chi connectivity index (χ0n) is 24.9. The molecule has 4 aromatic carbocycles. The molecule has 4 aromatic rings. The Kier molecular flexibility index (Phi) is 11.2. The Hall–Kier alpha value is -4.75. The van der Waals surface area contributed by atoms with E-state index in [1.54, 1.807) is 17.0 Å². The second kappa shape index (κ2) is 15.5. The molecule has 0 aliphatic heterocycles. The molecule has 0 aromatic heterocycles. The number of carbonyl (C=O) groups excluding carboxylic acids is 2. The third-order valence-electron chi connectivity index (χ3n) is 7.32. The van der Waals surface area contributed by atoms with Gasteiger partial charge in [0.1, 0.15) is 0 Å². The molecule has 0 spiro atoms. The molecule has 43 heavy (non-hydrogen) atoms. The molecule has 0 saturated carbocycles. The molecule has 222 valence electrons. The Balaban J connectivity index is 1.67. The number of hydrogen-bond acceptors (Lipinski definition) is 4. The lowest BCUT2D eigenvalue weighted by molar-refractivity contribution is -0.137. The fraction of sp³-hybridized carbons (Fsp3) is 0.250. The minimum absolute atomic E-state index is 0.0886. The number of hydrogen-bond donors (Lipinski definition) is 1. The molecule has 0 atom stereocenters. The molecule has 0 saturated heterocycles. The van der Waals surface area contributed by atoms with Crippen molar-refractivity contribution < 1.29 is 19.5 Å². The van der Waals surface area contributed by atoms with Crippen molar-refractivity contribution in [3.8, 4) is 11.1 Å². The molecule has 0 aliphatic carbocycles. The van der Waals surface area contributed by atoms with E-state index in [1.807, 2.05) is 121 Å². The lowest BCUT2D eigenvalue weighted by Crippen LogP contribution is -2.36. The van der Waals surface area contributed by atoms with Crippen molar-refractivity contribution in [2.45, 2.75) is 19.4 Å². The Labute approximate surface area is 254 Å². The molecular weight excluding hydrogens is 538 g/mol. The highest BCUT2D eigenvalue weighted by Crippen LogP contribution is 2.29. The fourth-order valence-electron chi connectivity index (χ4n) is 4.98. The summed E-state index contributed by atoms with van der Waals surface area (Å²) in [6.45, 7) is 2.17. The maximum absolute atomic E-state index is 14.2. The Morgan fingerprint density at radius 1 is 0.558 bits per heavy atom. The van der Waals surface area contributed by atoms with E-state index < -0.39 is 5.97 Å². The van der Waals surface area contributed by atoms with E-state index in [0.29, 0.717) is 54.9 Å². The maximum atomic E-state index is 14.2. The highest BCUT2D eigenvalue weighted by atomic mass is 16.4. The average molecular weight is 578 g/mol. The summed E-state index contributed by atoms with van der Waals surface area (Å²) in [6, 6.07) is 34.4. The van der Waals surface area contributed by atoms with Crippen LogP contribution in [0.4, 0.5) is 0 Å². The van der Waals surface area contributed by atoms with Gasteiger partial charge in [-0.25, -0.2) is 0 Å². The predicted molar refractivity (Wildman–Crippen MR) is 170 cm³/mol. The first-order chi connectivity index (χ1) is 20.8. The molecule has 0 fully saturated rings. The van der Waals surface area contributed by atoms with E-state index in [-0.39, 0.29) is 24.8 Å². The number of benzene rings is 4. The van der Waals surface area contributed by atoms with Gasteiger partial charge in [0.15, 0.2) is 0 Å². The van der Waals surface area contributed by atoms with Crippen LogP contribution in [0, 0.1) is 0 Å². The first-order valence-electron chi connectivity index (χ1n) is 14.5. The first-order valence-corrected chi connectivity index (χ1v) is 14.5. The van der Waals surface area contributed by atoms with Crippen LogP contribution in [0.5, 0.6) is 0 Å². The standard InChI is InChI=1S/C36H39N3O4/c1-37(2)25-26-39(27-29-15-7-4-8-16-29)36(43)33-20-12-10-18-31(33)30-17-9-11-19-32(30)35(42)38(24-22-34(40)41)23-21-28-13-5-3-6-14-28/h3-20H,21-27H2,1-2H3,(H,40,41). The van der Waals surface area contributed by atoms with Crippen LogP contribution in [0.1, 0.15) is 38.3 Å². The van der Waals surface area contributed by atoms with Crippen molar-refractivity contribution >= 4 is 17.8 Å². The molecular formula is C36H39N3O4. The topological polar surface area (TPSA) is 81.2 Å². The third kappa shape index (κ3) is 8.87. The second-order valence-electron chi connectivity index (χ2n) is 10.8. The van der Waals surface area contributed by atoms with Crippen LogP contribution in [0.2, 0.25) is 0 Å². The molecule has 7 nitrogen and oxygen atoms in total. The largest absolute Gasteiger partial charge is 0.481 e. The smallest absolute Gasteiger partial charge is 0.305 e. The van der Waals surface area contributed by atoms with Crippen molar-refractivity contribution in [3.63, 3.8) is 0 Å². The van der Waals surface area contributed by atoms with Gasteiger partial charge >= 0.3 is 5.97 Å². The number of amides is 2. The lowest BCUT2D eigenvalue weighted by Gasteiger charge is -2.27. The summed E-state index contributed by atoms with van der Waals surface area (Å²) in [6.07, 6.45) is 0.446. The monoisotopic (exact) mass is 577 g/mol. The zero-order chi connectivity index (χ0) is 30.6. The van der Waals surface area contributed by atoms with Crippen LogP contribution in [0.15, 0.2) is 109 Å². The minimum Gasteiger partial charge on any atom is -0.481 e. The quantitative estimate of drug-likeness (QED) is 0.207. The van der Waals surface area contributed by atoms with Gasteiger partial charge in [-0.15, -0.1) is 0 Å². The van der Waals surface area contributed by atoms with E-state index in [4.69, 9.17) is 0 Å². The average Bonchev–Trinajstić information content (AvgIpc) is 3.03. The molecule has 2 amide bonds. The van der Waals surface area contributed by atoms with Crippen LogP contribution in [-0.2, 0) is 17.8 Å². The van der Waals surface area contributed by atoms with Crippen molar-refractivity contribution in [1.29, 1.82) is 0 Å². The number of aliphatic carboxylic acids is 1. The lowest BCUT2D eigenvalue weighted by atomic mass is 9.93. The molecule has 0 bridgehead atoms. The van der Waals surface area contributed by atoms with Gasteiger partial charge in [-0.3, -0.25) is 14.4 Å². The van der Waals surface area contributed by atoms with E-state index in [9.17, 15) is 19.5 Å². The number of carboxylic acids is 1. The number of carboxylic acid groups (broad SMARTS) is 1. The van der Waals surface area contributed by atoms with E-state index >= 15 is 0 Å². The maximum Gasteiger partial charge on any atom is 0.305 e. The van der Waals surface area contributed by atoms with Gasteiger partial charge in [0.05, 0.1) is 6.42 Å². The van der Waals surface area contributed by atoms with Crippen LogP contribution >= 0.6 is 0 Å². The fourth-order valence-corrected chi connectivity index (χ4v) is 4.98. The molecule has 7 heteroatoms. The molecule has 1 N–H and O–H groups in total. The summed E-state index contributed by atoms with van der Waals surface area (Å²) in [4.78, 5) is 45.1. The van der Waals surface area contributed by atoms with Gasteiger partial charge in [-0.2, -0.15) is 0 Å². The Morgan fingerprint density at radius 2 is 1.05 bits per heavy atom. The first kappa shape index (κ1) is 31.2. The molecule has 0 heterocycles. The molecule has 0 unspecified atom stereocenters. The summed E-state index contributed by atoms with van der Waals surface area (Å²) in [5, 5.41) is 9.38. The highest BCUT2D eigenvalue weighted by molar-refractivity contribution is 6.06. The van der Waals surface area contributed by atoms with Crippen molar-refractivity contribution in [2.75, 3.05) is 40.3 Å². The van der Waals surface area contributed by atoms with E-state index in [1.165, 1.54) is 0 Å². The van der Waals surface area contributed by atoms with Crippen molar-refractivity contribution in [2.24, 2.45) is 0 Å². The summed E-state index contributed by atoms with van der Waals surface area (Å²) in [7, 11) is 3.96. The molecule has 0 radical (unpaired) electrons. The van der Waals surface area contributed by atoms with Gasteiger partial charge < -0.3 is 19.8 Å². The minimum atomic E-state index is -0.960. The van der Waals surface area contributed by atoms with Crippen LogP contribution in [0.25, 0.3) is 11.1 Å². The van der Waals surface area contributed by atoms with Crippen molar-refractivity contribution in [1.82, 2.24) is 14.7 Å². The number of rotatable bonds is 14. The highest BCUT2D eigenvalue weighted by Gasteiger charge is 2.24. The third-order valence-corrected chi connectivity index (χ3v) is 7.32. The van der Waals surface area contributed by atoms with Crippen LogP contribution in [-0.4, -0.2) is 77.9 Å². The predicted octanol–water partition coefficient (Wildman–Crippen LogP) is 5.72. The van der Waals surface area contributed by atoms with Crippen LogP contribution < -0.4 is 0 Å². The van der Waals surface area contributed by atoms with Gasteiger partial charge in [-0.05, 0) is 54.9 Å². The molecule has 0 aliphatic rings. The van der Waals surface area contributed by atoms with E-state index in [0.717, 1.165) is 11.1 Å². The van der Waals surface area contributed by atoms with Crippen molar-refractivity contribution in [3.05, 3.63) is 131 Å². The number of likely N-dealkylation sites (N-methyl/N-ethyl adjacent to an activating group) is 1. The Bertz CT molecular complexity index is 1510. The van der Waals surface area contributed by atoms with Crippen LogP contribution in [0.3, 0.4) is 0 Å². The summed E-state index contributed by atoms with van der Waals surface area (Å²) >= 11 is 0. The normalized spacial score (nSPS) is 10.9. The SMILES string of the molecule is CN(C)CCN(Cc1ccccc1)C(=O)c1ccccc1-c1ccccc1C(=O)N(CCC(=O)O)CCc1ccccc1. The summed E-state index contributed by atoms with van der Waals surface area (Å²) in [5.74, 6) is -1.34. The molecule has 4 rings (SSSR count). The number of nitrogens with zero attached hydrogens (tertiary/aromatic N) is 3. The Morgan fingerprint density at radius 3 is 1.58 bits per heavy atom. The second-order valence-corrected chi connectivity index (χ2v) is 10.8. The van der Waals surface area contributed by atoms with E-state index in [2.05, 4.69) is 0 Å². The number of carbonyl (C=O) groups is 3.